The van der Waals surface area contributed by atoms with Gasteiger partial charge in [-0.3, -0.25) is 19.3 Å². The molecule has 2 amide bonds. The van der Waals surface area contributed by atoms with E-state index in [-0.39, 0.29) is 43.1 Å². The van der Waals surface area contributed by atoms with Gasteiger partial charge in [-0.25, -0.2) is 4.68 Å². The van der Waals surface area contributed by atoms with Crippen molar-refractivity contribution >= 4 is 35.5 Å². The quantitative estimate of drug-likeness (QED) is 0.136. The van der Waals surface area contributed by atoms with E-state index in [2.05, 4.69) is 0 Å². The third kappa shape index (κ3) is 6.77. The zero-order chi connectivity index (χ0) is 30.2. The van der Waals surface area contributed by atoms with Gasteiger partial charge in [-0.1, -0.05) is 29.8 Å². The van der Waals surface area contributed by atoms with Crippen LogP contribution in [0.2, 0.25) is 5.02 Å². The second kappa shape index (κ2) is 13.8. The standard InChI is InChI=1S/C31H29ClN4O6/c1-4-41-28-11-10-22(17-27(28)32)29-23(19-36(34-29)24-8-6-5-7-9-24)16-25-20(2)26(18-33)31(39)35(30(25)38)12-13-40-14-15-42-21(3)37/h5-11,16-17,19H,4,12-15H2,1-3H3/b25-16+. The van der Waals surface area contributed by atoms with Gasteiger partial charge in [-0.2, -0.15) is 10.4 Å². The smallest absolute Gasteiger partial charge is 0.302 e. The first-order valence-electron chi connectivity index (χ1n) is 13.2. The van der Waals surface area contributed by atoms with Crippen LogP contribution in [0.25, 0.3) is 23.0 Å². The molecule has 2 heterocycles. The third-order valence-corrected chi connectivity index (χ3v) is 6.68. The van der Waals surface area contributed by atoms with Crippen LogP contribution in [0.5, 0.6) is 5.75 Å². The zero-order valence-corrected chi connectivity index (χ0v) is 24.2. The van der Waals surface area contributed by atoms with Crippen LogP contribution in [0.3, 0.4) is 0 Å². The summed E-state index contributed by atoms with van der Waals surface area (Å²) in [5.74, 6) is -1.16. The summed E-state index contributed by atoms with van der Waals surface area (Å²) in [5, 5.41) is 15.0. The maximum atomic E-state index is 13.6. The van der Waals surface area contributed by atoms with E-state index in [1.807, 2.05) is 49.4 Å². The Labute approximate surface area is 248 Å². The SMILES string of the molecule is CCOc1ccc(-c2nn(-c3ccccc3)cc2/C=C2/C(=O)N(CCOCCOC(C)=O)C(=O)C(C#N)=C2C)cc1Cl. The van der Waals surface area contributed by atoms with Crippen molar-refractivity contribution in [3.63, 3.8) is 0 Å². The fourth-order valence-corrected chi connectivity index (χ4v) is 4.58. The number of carbonyl (C=O) groups is 3. The molecule has 4 rings (SSSR count). The van der Waals surface area contributed by atoms with Crippen LogP contribution in [-0.2, 0) is 23.9 Å². The lowest BCUT2D eigenvalue weighted by Crippen LogP contribution is -2.44. The molecule has 0 bridgehead atoms. The largest absolute Gasteiger partial charge is 0.492 e. The first-order chi connectivity index (χ1) is 20.2. The molecule has 0 fully saturated rings. The number of hydrogen-bond donors (Lipinski definition) is 0. The van der Waals surface area contributed by atoms with Gasteiger partial charge >= 0.3 is 5.97 Å². The maximum absolute atomic E-state index is 13.6. The number of ether oxygens (including phenoxy) is 3. The van der Waals surface area contributed by atoms with Crippen LogP contribution in [0.1, 0.15) is 26.3 Å². The fraction of sp³-hybridized carbons (Fsp3) is 0.258. The second-order valence-corrected chi connectivity index (χ2v) is 9.58. The Morgan fingerprint density at radius 3 is 2.52 bits per heavy atom. The Balaban J connectivity index is 1.73. The average Bonchev–Trinajstić information content (AvgIpc) is 3.40. The van der Waals surface area contributed by atoms with Gasteiger partial charge in [0.2, 0.25) is 0 Å². The number of imide groups is 1. The van der Waals surface area contributed by atoms with E-state index in [1.54, 1.807) is 36.0 Å². The molecule has 0 saturated carbocycles. The Hall–Kier alpha value is -4.72. The van der Waals surface area contributed by atoms with Crippen LogP contribution in [0.4, 0.5) is 0 Å². The number of amides is 2. The molecule has 0 spiro atoms. The van der Waals surface area contributed by atoms with Crippen LogP contribution >= 0.6 is 11.6 Å². The summed E-state index contributed by atoms with van der Waals surface area (Å²) in [4.78, 5) is 38.5. The molecule has 2 aromatic carbocycles. The normalized spacial score (nSPS) is 14.4. The maximum Gasteiger partial charge on any atom is 0.302 e. The molecule has 10 nitrogen and oxygen atoms in total. The van der Waals surface area contributed by atoms with Gasteiger partial charge in [0.1, 0.15) is 29.7 Å². The molecule has 1 aliphatic heterocycles. The molecule has 0 N–H and O–H groups in total. The monoisotopic (exact) mass is 588 g/mol. The topological polar surface area (TPSA) is 124 Å². The number of esters is 1. The molecule has 0 saturated heterocycles. The average molecular weight is 589 g/mol. The van der Waals surface area contributed by atoms with E-state index in [1.165, 1.54) is 6.92 Å². The molecule has 0 unspecified atom stereocenters. The predicted octanol–water partition coefficient (Wildman–Crippen LogP) is 4.76. The first-order valence-corrected chi connectivity index (χ1v) is 13.6. The van der Waals surface area contributed by atoms with E-state index in [0.717, 1.165) is 10.6 Å². The number of nitrogens with zero attached hydrogens (tertiary/aromatic N) is 4. The minimum Gasteiger partial charge on any atom is -0.492 e. The first kappa shape index (κ1) is 30.2. The number of rotatable bonds is 11. The molecule has 3 aromatic rings. The number of halogens is 1. The van der Waals surface area contributed by atoms with Crippen molar-refractivity contribution in [1.82, 2.24) is 14.7 Å². The lowest BCUT2D eigenvalue weighted by atomic mass is 9.93. The van der Waals surface area contributed by atoms with Crippen molar-refractivity contribution in [1.29, 1.82) is 5.26 Å². The van der Waals surface area contributed by atoms with E-state index >= 15 is 0 Å². The van der Waals surface area contributed by atoms with Crippen LogP contribution in [0.15, 0.2) is 71.4 Å². The minimum absolute atomic E-state index is 0.00560. The van der Waals surface area contributed by atoms with Crippen LogP contribution in [-0.4, -0.2) is 65.4 Å². The Morgan fingerprint density at radius 2 is 1.86 bits per heavy atom. The summed E-state index contributed by atoms with van der Waals surface area (Å²) in [6.45, 7) is 5.26. The summed E-state index contributed by atoms with van der Waals surface area (Å²) in [6.07, 6.45) is 3.40. The Morgan fingerprint density at radius 1 is 1.10 bits per heavy atom. The van der Waals surface area contributed by atoms with Crippen molar-refractivity contribution in [3.8, 4) is 28.8 Å². The summed E-state index contributed by atoms with van der Waals surface area (Å²) in [6, 6.07) is 16.7. The van der Waals surface area contributed by atoms with Crippen molar-refractivity contribution in [2.75, 3.05) is 33.0 Å². The molecule has 0 aliphatic carbocycles. The molecule has 11 heteroatoms. The molecule has 216 valence electrons. The van der Waals surface area contributed by atoms with Gasteiger partial charge in [-0.15, -0.1) is 0 Å². The molecular weight excluding hydrogens is 560 g/mol. The van der Waals surface area contributed by atoms with Crippen molar-refractivity contribution in [2.45, 2.75) is 20.8 Å². The Kier molecular flexibility index (Phi) is 9.91. The lowest BCUT2D eigenvalue weighted by molar-refractivity contribution is -0.142. The van der Waals surface area contributed by atoms with E-state index in [9.17, 15) is 19.6 Å². The number of nitriles is 1. The second-order valence-electron chi connectivity index (χ2n) is 9.18. The van der Waals surface area contributed by atoms with Crippen molar-refractivity contribution < 1.29 is 28.6 Å². The third-order valence-electron chi connectivity index (χ3n) is 6.39. The fourth-order valence-electron chi connectivity index (χ4n) is 4.34. The predicted molar refractivity (Wildman–Crippen MR) is 156 cm³/mol. The van der Waals surface area contributed by atoms with Gasteiger partial charge in [0.25, 0.3) is 11.8 Å². The van der Waals surface area contributed by atoms with E-state index in [0.29, 0.717) is 34.2 Å². The van der Waals surface area contributed by atoms with Crippen molar-refractivity contribution in [3.05, 3.63) is 82.0 Å². The molecule has 1 aliphatic rings. The molecule has 0 atom stereocenters. The number of aromatic nitrogens is 2. The van der Waals surface area contributed by atoms with E-state index < -0.39 is 17.8 Å². The minimum atomic E-state index is -0.695. The van der Waals surface area contributed by atoms with E-state index in [4.69, 9.17) is 30.9 Å². The number of benzene rings is 2. The number of hydrogen-bond acceptors (Lipinski definition) is 8. The summed E-state index contributed by atoms with van der Waals surface area (Å²) >= 11 is 6.49. The highest BCUT2D eigenvalue weighted by atomic mass is 35.5. The molecule has 1 aromatic heterocycles. The zero-order valence-electron chi connectivity index (χ0n) is 23.4. The highest BCUT2D eigenvalue weighted by Crippen LogP contribution is 2.34. The van der Waals surface area contributed by atoms with Gasteiger partial charge in [0, 0.05) is 29.8 Å². The highest BCUT2D eigenvalue weighted by Gasteiger charge is 2.35. The van der Waals surface area contributed by atoms with Gasteiger partial charge in [0.05, 0.1) is 37.1 Å². The van der Waals surface area contributed by atoms with Crippen LogP contribution in [0, 0.1) is 11.3 Å². The molecule has 42 heavy (non-hydrogen) atoms. The lowest BCUT2D eigenvalue weighted by Gasteiger charge is -2.27. The highest BCUT2D eigenvalue weighted by molar-refractivity contribution is 6.32. The number of carbonyl (C=O) groups excluding carboxylic acids is 3. The van der Waals surface area contributed by atoms with Gasteiger partial charge < -0.3 is 14.2 Å². The molecule has 0 radical (unpaired) electrons. The number of para-hydroxylation sites is 1. The summed E-state index contributed by atoms with van der Waals surface area (Å²) < 4.78 is 17.5. The van der Waals surface area contributed by atoms with Gasteiger partial charge in [0.15, 0.2) is 0 Å². The van der Waals surface area contributed by atoms with Gasteiger partial charge in [-0.05, 0) is 55.8 Å². The summed E-state index contributed by atoms with van der Waals surface area (Å²) in [5.41, 5.74) is 2.90. The molecular formula is C31H29ClN4O6. The van der Waals surface area contributed by atoms with Crippen molar-refractivity contribution in [2.24, 2.45) is 0 Å². The Bertz CT molecular complexity index is 1600. The summed E-state index contributed by atoms with van der Waals surface area (Å²) in [7, 11) is 0. The van der Waals surface area contributed by atoms with Crippen LogP contribution < -0.4 is 4.74 Å².